The Labute approximate surface area is 184 Å². The Morgan fingerprint density at radius 2 is 1.52 bits per heavy atom. The molecule has 2 N–H and O–H groups in total. The molecule has 0 aliphatic rings. The molecule has 0 heterocycles. The third-order valence-electron chi connectivity index (χ3n) is 5.30. The first-order valence-electron chi connectivity index (χ1n) is 10.6. The first-order chi connectivity index (χ1) is 14.8. The molecular weight excluding hydrogens is 386 g/mol. The topological polar surface area (TPSA) is 58.6 Å². The van der Waals surface area contributed by atoms with E-state index in [0.29, 0.717) is 25.3 Å². The van der Waals surface area contributed by atoms with Gasteiger partial charge in [0.2, 0.25) is 0 Å². The van der Waals surface area contributed by atoms with E-state index in [0.717, 1.165) is 16.7 Å². The summed E-state index contributed by atoms with van der Waals surface area (Å²) in [5.41, 5.74) is 5.06. The standard InChI is InChI=1S/C27H31NO3/c1-27(2,3)24-15-11-21(12-16-24)19-31-25(22-7-5-4-6-8-22)18-28-17-20-9-13-23(14-10-20)26(29)30/h4-16,25,28H,17-19H2,1-3H3,(H,29,30). The van der Waals surface area contributed by atoms with Gasteiger partial charge in [0.1, 0.15) is 0 Å². The lowest BCUT2D eigenvalue weighted by Gasteiger charge is -2.21. The van der Waals surface area contributed by atoms with Gasteiger partial charge in [0.05, 0.1) is 18.3 Å². The average molecular weight is 418 g/mol. The Bertz CT molecular complexity index is 958. The Morgan fingerprint density at radius 1 is 0.903 bits per heavy atom. The van der Waals surface area contributed by atoms with Crippen molar-refractivity contribution in [3.05, 3.63) is 107 Å². The van der Waals surface area contributed by atoms with Crippen molar-refractivity contribution in [2.45, 2.75) is 45.4 Å². The van der Waals surface area contributed by atoms with Crippen molar-refractivity contribution in [3.63, 3.8) is 0 Å². The van der Waals surface area contributed by atoms with Gasteiger partial charge in [-0.3, -0.25) is 0 Å². The molecule has 0 fully saturated rings. The molecule has 0 saturated carbocycles. The largest absolute Gasteiger partial charge is 0.478 e. The molecule has 31 heavy (non-hydrogen) atoms. The van der Waals surface area contributed by atoms with Crippen LogP contribution in [0.25, 0.3) is 0 Å². The van der Waals surface area contributed by atoms with Crippen molar-refractivity contribution in [1.29, 1.82) is 0 Å². The number of carbonyl (C=O) groups is 1. The molecule has 162 valence electrons. The number of ether oxygens (including phenoxy) is 1. The fourth-order valence-electron chi connectivity index (χ4n) is 3.35. The van der Waals surface area contributed by atoms with Crippen LogP contribution in [0, 0.1) is 0 Å². The van der Waals surface area contributed by atoms with Crippen molar-refractivity contribution >= 4 is 5.97 Å². The summed E-state index contributed by atoms with van der Waals surface area (Å²) in [6.07, 6.45) is -0.0817. The minimum absolute atomic E-state index is 0.0817. The second-order valence-electron chi connectivity index (χ2n) is 8.79. The van der Waals surface area contributed by atoms with Gasteiger partial charge < -0.3 is 15.2 Å². The van der Waals surface area contributed by atoms with Crippen molar-refractivity contribution in [2.24, 2.45) is 0 Å². The maximum absolute atomic E-state index is 11.0. The second kappa shape index (κ2) is 10.4. The van der Waals surface area contributed by atoms with Crippen LogP contribution in [-0.4, -0.2) is 17.6 Å². The molecule has 3 aromatic rings. The number of rotatable bonds is 9. The summed E-state index contributed by atoms with van der Waals surface area (Å²) in [6.45, 7) is 8.48. The molecular formula is C27H31NO3. The monoisotopic (exact) mass is 417 g/mol. The Hall–Kier alpha value is -2.95. The zero-order chi connectivity index (χ0) is 22.3. The van der Waals surface area contributed by atoms with Gasteiger partial charge in [-0.05, 0) is 39.8 Å². The molecule has 0 aliphatic heterocycles. The Morgan fingerprint density at radius 3 is 2.10 bits per heavy atom. The highest BCUT2D eigenvalue weighted by atomic mass is 16.5. The zero-order valence-corrected chi connectivity index (χ0v) is 18.5. The number of nitrogens with one attached hydrogen (secondary N) is 1. The minimum atomic E-state index is -0.910. The highest BCUT2D eigenvalue weighted by Crippen LogP contribution is 2.23. The summed E-state index contributed by atoms with van der Waals surface area (Å²) >= 11 is 0. The van der Waals surface area contributed by atoms with Gasteiger partial charge in [-0.25, -0.2) is 4.79 Å². The van der Waals surface area contributed by atoms with Gasteiger partial charge in [0.15, 0.2) is 0 Å². The van der Waals surface area contributed by atoms with Crippen LogP contribution in [-0.2, 0) is 23.3 Å². The lowest BCUT2D eigenvalue weighted by atomic mass is 9.87. The van der Waals surface area contributed by atoms with Gasteiger partial charge in [-0.15, -0.1) is 0 Å². The van der Waals surface area contributed by atoms with E-state index in [4.69, 9.17) is 9.84 Å². The van der Waals surface area contributed by atoms with E-state index in [1.54, 1.807) is 12.1 Å². The maximum Gasteiger partial charge on any atom is 0.335 e. The number of benzene rings is 3. The molecule has 4 nitrogen and oxygen atoms in total. The SMILES string of the molecule is CC(C)(C)c1ccc(COC(CNCc2ccc(C(=O)O)cc2)c2ccccc2)cc1. The van der Waals surface area contributed by atoms with Crippen LogP contribution < -0.4 is 5.32 Å². The van der Waals surface area contributed by atoms with Crippen LogP contribution in [0.4, 0.5) is 0 Å². The van der Waals surface area contributed by atoms with Gasteiger partial charge >= 0.3 is 5.97 Å². The second-order valence-corrected chi connectivity index (χ2v) is 8.79. The summed E-state index contributed by atoms with van der Waals surface area (Å²) in [5.74, 6) is -0.910. The molecule has 0 aromatic heterocycles. The molecule has 1 atom stereocenters. The number of aromatic carboxylic acids is 1. The minimum Gasteiger partial charge on any atom is -0.478 e. The van der Waals surface area contributed by atoms with Gasteiger partial charge in [-0.1, -0.05) is 87.5 Å². The maximum atomic E-state index is 11.0. The lowest BCUT2D eigenvalue weighted by Crippen LogP contribution is -2.23. The van der Waals surface area contributed by atoms with E-state index in [2.05, 4.69) is 62.5 Å². The highest BCUT2D eigenvalue weighted by molar-refractivity contribution is 5.87. The molecule has 0 radical (unpaired) electrons. The Kier molecular flexibility index (Phi) is 7.61. The van der Waals surface area contributed by atoms with Crippen molar-refractivity contribution in [1.82, 2.24) is 5.32 Å². The number of hydrogen-bond acceptors (Lipinski definition) is 3. The number of carboxylic acid groups (broad SMARTS) is 1. The molecule has 0 aliphatic carbocycles. The molecule has 0 bridgehead atoms. The predicted molar refractivity (Wildman–Crippen MR) is 124 cm³/mol. The molecule has 1 unspecified atom stereocenters. The highest BCUT2D eigenvalue weighted by Gasteiger charge is 2.14. The smallest absolute Gasteiger partial charge is 0.335 e. The molecule has 0 amide bonds. The molecule has 0 spiro atoms. The van der Waals surface area contributed by atoms with E-state index in [9.17, 15) is 4.79 Å². The molecule has 3 aromatic carbocycles. The average Bonchev–Trinajstić information content (AvgIpc) is 2.76. The van der Waals surface area contributed by atoms with Gasteiger partial charge in [-0.2, -0.15) is 0 Å². The number of carboxylic acids is 1. The van der Waals surface area contributed by atoms with Gasteiger partial charge in [0, 0.05) is 13.1 Å². The van der Waals surface area contributed by atoms with Crippen LogP contribution in [0.3, 0.4) is 0 Å². The zero-order valence-electron chi connectivity index (χ0n) is 18.5. The Balaban J connectivity index is 1.60. The van der Waals surface area contributed by atoms with Crippen LogP contribution >= 0.6 is 0 Å². The van der Waals surface area contributed by atoms with Gasteiger partial charge in [0.25, 0.3) is 0 Å². The summed E-state index contributed by atoms with van der Waals surface area (Å²) in [6, 6.07) is 25.8. The first-order valence-corrected chi connectivity index (χ1v) is 10.6. The molecule has 4 heteroatoms. The first kappa shape index (κ1) is 22.7. The van der Waals surface area contributed by atoms with E-state index in [1.165, 1.54) is 5.56 Å². The summed E-state index contributed by atoms with van der Waals surface area (Å²) in [5, 5.41) is 12.5. The van der Waals surface area contributed by atoms with E-state index in [-0.39, 0.29) is 11.5 Å². The summed E-state index contributed by atoms with van der Waals surface area (Å²) < 4.78 is 6.29. The fraction of sp³-hybridized carbons (Fsp3) is 0.296. The molecule has 3 rings (SSSR count). The van der Waals surface area contributed by atoms with E-state index < -0.39 is 5.97 Å². The van der Waals surface area contributed by atoms with Crippen molar-refractivity contribution < 1.29 is 14.6 Å². The van der Waals surface area contributed by atoms with Crippen LogP contribution in [0.5, 0.6) is 0 Å². The third-order valence-corrected chi connectivity index (χ3v) is 5.30. The fourth-order valence-corrected chi connectivity index (χ4v) is 3.35. The van der Waals surface area contributed by atoms with E-state index >= 15 is 0 Å². The molecule has 0 saturated heterocycles. The van der Waals surface area contributed by atoms with E-state index in [1.807, 2.05) is 30.3 Å². The third kappa shape index (κ3) is 6.78. The summed E-state index contributed by atoms with van der Waals surface area (Å²) in [7, 11) is 0. The summed E-state index contributed by atoms with van der Waals surface area (Å²) in [4.78, 5) is 11.0. The van der Waals surface area contributed by atoms with Crippen molar-refractivity contribution in [3.8, 4) is 0 Å². The quantitative estimate of drug-likeness (QED) is 0.467. The normalized spacial score (nSPS) is 12.5. The predicted octanol–water partition coefficient (Wildman–Crippen LogP) is 5.73. The van der Waals surface area contributed by atoms with Crippen LogP contribution in [0.15, 0.2) is 78.9 Å². The van der Waals surface area contributed by atoms with Crippen LogP contribution in [0.2, 0.25) is 0 Å². The van der Waals surface area contributed by atoms with Crippen LogP contribution in [0.1, 0.15) is 59.5 Å². The lowest BCUT2D eigenvalue weighted by molar-refractivity contribution is 0.0396. The number of hydrogen-bond donors (Lipinski definition) is 2. The van der Waals surface area contributed by atoms with Crippen molar-refractivity contribution in [2.75, 3.05) is 6.54 Å².